The number of furan rings is 1. The summed E-state index contributed by atoms with van der Waals surface area (Å²) < 4.78 is 7.21. The van der Waals surface area contributed by atoms with Crippen LogP contribution in [0.5, 0.6) is 0 Å². The number of amides is 1. The minimum Gasteiger partial charge on any atom is -0.461 e. The van der Waals surface area contributed by atoms with Crippen LogP contribution in [-0.4, -0.2) is 25.9 Å². The molecule has 2 atom stereocenters. The third-order valence-corrected chi connectivity index (χ3v) is 5.72. The van der Waals surface area contributed by atoms with Crippen LogP contribution in [0, 0.1) is 0 Å². The number of benzene rings is 1. The second kappa shape index (κ2) is 8.43. The maximum atomic E-state index is 12.7. The fraction of sp³-hybridized carbons (Fsp3) is 0.350. The number of para-hydroxylation sites is 1. The van der Waals surface area contributed by atoms with E-state index in [2.05, 4.69) is 35.4 Å². The number of hydrogen-bond acceptors (Lipinski definition) is 5. The van der Waals surface area contributed by atoms with Gasteiger partial charge in [-0.25, -0.2) is 0 Å². The summed E-state index contributed by atoms with van der Waals surface area (Å²) in [5.74, 6) is 1.62. The predicted molar refractivity (Wildman–Crippen MR) is 108 cm³/mol. The molecule has 0 aliphatic carbocycles. The second-order valence-corrected chi connectivity index (χ2v) is 7.80. The Morgan fingerprint density at radius 2 is 2.00 bits per heavy atom. The number of carbonyl (C=O) groups excluding carboxylic acids is 1. The molecule has 0 aliphatic heterocycles. The van der Waals surface area contributed by atoms with Crippen molar-refractivity contribution in [2.45, 2.75) is 43.5 Å². The number of anilines is 1. The van der Waals surface area contributed by atoms with Gasteiger partial charge in [0.1, 0.15) is 0 Å². The highest BCUT2D eigenvalue weighted by Crippen LogP contribution is 2.29. The largest absolute Gasteiger partial charge is 0.461 e. The van der Waals surface area contributed by atoms with E-state index in [1.807, 2.05) is 48.9 Å². The molecule has 3 rings (SSSR count). The molecule has 6 nitrogen and oxygen atoms in total. The molecule has 0 radical (unpaired) electrons. The average molecular weight is 385 g/mol. The van der Waals surface area contributed by atoms with E-state index in [1.54, 1.807) is 6.26 Å². The number of nitrogens with one attached hydrogen (secondary N) is 1. The van der Waals surface area contributed by atoms with Gasteiger partial charge in [-0.2, -0.15) is 0 Å². The summed E-state index contributed by atoms with van der Waals surface area (Å²) in [6, 6.07) is 11.6. The zero-order valence-electron chi connectivity index (χ0n) is 16.0. The van der Waals surface area contributed by atoms with Gasteiger partial charge in [-0.1, -0.05) is 43.8 Å². The molecule has 2 unspecified atom stereocenters. The Balaban J connectivity index is 1.71. The summed E-state index contributed by atoms with van der Waals surface area (Å²) >= 11 is 1.37. The number of carbonyl (C=O) groups is 1. The Morgan fingerprint density at radius 3 is 2.70 bits per heavy atom. The SMILES string of the molecule is CCC(C)c1ccccc1NC(=O)C(C)Sc1nnc(-c2ccco2)n1C. The fourth-order valence-corrected chi connectivity index (χ4v) is 3.56. The summed E-state index contributed by atoms with van der Waals surface area (Å²) in [7, 11) is 1.86. The van der Waals surface area contributed by atoms with Crippen molar-refractivity contribution < 1.29 is 9.21 Å². The van der Waals surface area contributed by atoms with Crippen LogP contribution in [0.4, 0.5) is 5.69 Å². The van der Waals surface area contributed by atoms with E-state index in [1.165, 1.54) is 11.8 Å². The zero-order chi connectivity index (χ0) is 19.4. The Hall–Kier alpha value is -2.54. The third kappa shape index (κ3) is 4.24. The highest BCUT2D eigenvalue weighted by Gasteiger charge is 2.21. The van der Waals surface area contributed by atoms with E-state index in [-0.39, 0.29) is 11.2 Å². The van der Waals surface area contributed by atoms with Gasteiger partial charge in [-0.3, -0.25) is 4.79 Å². The monoisotopic (exact) mass is 384 g/mol. The van der Waals surface area contributed by atoms with Crippen molar-refractivity contribution in [1.82, 2.24) is 14.8 Å². The maximum absolute atomic E-state index is 12.7. The predicted octanol–water partition coefficient (Wildman–Crippen LogP) is 4.71. The van der Waals surface area contributed by atoms with Gasteiger partial charge in [0.15, 0.2) is 16.7 Å². The quantitative estimate of drug-likeness (QED) is 0.597. The van der Waals surface area contributed by atoms with Crippen molar-refractivity contribution in [2.24, 2.45) is 7.05 Å². The molecule has 0 saturated heterocycles. The molecule has 27 heavy (non-hydrogen) atoms. The van der Waals surface area contributed by atoms with Crippen LogP contribution in [0.25, 0.3) is 11.6 Å². The molecule has 2 heterocycles. The van der Waals surface area contributed by atoms with Crippen LogP contribution in [0.3, 0.4) is 0 Å². The van der Waals surface area contributed by atoms with Crippen molar-refractivity contribution >= 4 is 23.4 Å². The molecule has 1 N–H and O–H groups in total. The molecule has 3 aromatic rings. The van der Waals surface area contributed by atoms with Crippen LogP contribution < -0.4 is 5.32 Å². The zero-order valence-corrected chi connectivity index (χ0v) is 16.8. The molecule has 2 aromatic heterocycles. The summed E-state index contributed by atoms with van der Waals surface area (Å²) in [6.07, 6.45) is 2.62. The van der Waals surface area contributed by atoms with Gasteiger partial charge < -0.3 is 14.3 Å². The number of thioether (sulfide) groups is 1. The van der Waals surface area contributed by atoms with Crippen LogP contribution >= 0.6 is 11.8 Å². The summed E-state index contributed by atoms with van der Waals surface area (Å²) in [6.45, 7) is 6.18. The molecular weight excluding hydrogens is 360 g/mol. The third-order valence-electron chi connectivity index (χ3n) is 4.59. The Labute approximate surface area is 163 Å². The molecule has 7 heteroatoms. The molecule has 1 amide bonds. The van der Waals surface area contributed by atoms with Crippen molar-refractivity contribution in [3.8, 4) is 11.6 Å². The maximum Gasteiger partial charge on any atom is 0.237 e. The lowest BCUT2D eigenvalue weighted by atomic mass is 9.97. The van der Waals surface area contributed by atoms with E-state index in [0.29, 0.717) is 22.7 Å². The average Bonchev–Trinajstić information content (AvgIpc) is 3.32. The minimum atomic E-state index is -0.317. The van der Waals surface area contributed by atoms with Gasteiger partial charge in [0.2, 0.25) is 5.91 Å². The van der Waals surface area contributed by atoms with Gasteiger partial charge in [-0.05, 0) is 43.0 Å². The molecule has 1 aromatic carbocycles. The smallest absolute Gasteiger partial charge is 0.237 e. The minimum absolute atomic E-state index is 0.0571. The van der Waals surface area contributed by atoms with E-state index >= 15 is 0 Å². The normalized spacial score (nSPS) is 13.3. The topological polar surface area (TPSA) is 73.0 Å². The van der Waals surface area contributed by atoms with Gasteiger partial charge in [0, 0.05) is 12.7 Å². The molecule has 0 fully saturated rings. The number of hydrogen-bond donors (Lipinski definition) is 1. The first-order chi connectivity index (χ1) is 13.0. The highest BCUT2D eigenvalue weighted by atomic mass is 32.2. The first kappa shape index (κ1) is 19.2. The van der Waals surface area contributed by atoms with Gasteiger partial charge in [0.05, 0.1) is 11.5 Å². The standard InChI is InChI=1S/C20H24N4O2S/c1-5-13(2)15-9-6-7-10-16(15)21-19(25)14(3)27-20-23-22-18(24(20)4)17-11-8-12-26-17/h6-14H,5H2,1-4H3,(H,21,25). The summed E-state index contributed by atoms with van der Waals surface area (Å²) in [5.41, 5.74) is 2.03. The van der Waals surface area contributed by atoms with Crippen molar-refractivity contribution in [3.05, 3.63) is 48.2 Å². The number of rotatable bonds is 7. The lowest BCUT2D eigenvalue weighted by Crippen LogP contribution is -2.23. The van der Waals surface area contributed by atoms with Crippen molar-refractivity contribution in [3.63, 3.8) is 0 Å². The van der Waals surface area contributed by atoms with E-state index < -0.39 is 0 Å². The molecule has 0 bridgehead atoms. The van der Waals surface area contributed by atoms with Crippen molar-refractivity contribution in [1.29, 1.82) is 0 Å². The van der Waals surface area contributed by atoms with Crippen LogP contribution in [-0.2, 0) is 11.8 Å². The summed E-state index contributed by atoms with van der Waals surface area (Å²) in [5, 5.41) is 11.8. The fourth-order valence-electron chi connectivity index (χ4n) is 2.74. The molecule has 0 saturated carbocycles. The van der Waals surface area contributed by atoms with Crippen LogP contribution in [0.2, 0.25) is 0 Å². The van der Waals surface area contributed by atoms with Gasteiger partial charge >= 0.3 is 0 Å². The van der Waals surface area contributed by atoms with E-state index in [4.69, 9.17) is 4.42 Å². The highest BCUT2D eigenvalue weighted by molar-refractivity contribution is 8.00. The first-order valence-corrected chi connectivity index (χ1v) is 9.89. The van der Waals surface area contributed by atoms with Gasteiger partial charge in [-0.15, -0.1) is 10.2 Å². The lowest BCUT2D eigenvalue weighted by Gasteiger charge is -2.17. The molecule has 142 valence electrons. The molecule has 0 aliphatic rings. The molecular formula is C20H24N4O2S. The van der Waals surface area contributed by atoms with Crippen LogP contribution in [0.15, 0.2) is 52.2 Å². The number of aromatic nitrogens is 3. The Bertz CT molecular complexity index is 905. The Morgan fingerprint density at radius 1 is 1.22 bits per heavy atom. The van der Waals surface area contributed by atoms with Crippen molar-refractivity contribution in [2.75, 3.05) is 5.32 Å². The van der Waals surface area contributed by atoms with E-state index in [0.717, 1.165) is 17.7 Å². The van der Waals surface area contributed by atoms with Gasteiger partial charge in [0.25, 0.3) is 0 Å². The van der Waals surface area contributed by atoms with E-state index in [9.17, 15) is 4.79 Å². The lowest BCUT2D eigenvalue weighted by molar-refractivity contribution is -0.115. The molecule has 0 spiro atoms. The Kier molecular flexibility index (Phi) is 6.01. The van der Waals surface area contributed by atoms with Crippen LogP contribution in [0.1, 0.15) is 38.7 Å². The second-order valence-electron chi connectivity index (χ2n) is 6.49. The summed E-state index contributed by atoms with van der Waals surface area (Å²) in [4.78, 5) is 12.7. The number of nitrogens with zero attached hydrogens (tertiary/aromatic N) is 3. The first-order valence-electron chi connectivity index (χ1n) is 9.01.